The number of hydrogen-bond donors (Lipinski definition) is 3. The third kappa shape index (κ3) is 7.74. The van der Waals surface area contributed by atoms with Crippen molar-refractivity contribution in [3.63, 3.8) is 0 Å². The van der Waals surface area contributed by atoms with E-state index < -0.39 is 0 Å². The molecule has 3 N–H and O–H groups in total. The molecule has 1 rings (SSSR count). The second-order valence-electron chi connectivity index (χ2n) is 3.89. The number of amides is 1. The number of benzene rings is 1. The molecule has 0 aliphatic rings. The van der Waals surface area contributed by atoms with Crippen molar-refractivity contribution in [2.75, 3.05) is 33.1 Å². The van der Waals surface area contributed by atoms with Crippen LogP contribution < -0.4 is 20.9 Å². The number of hydrazine groups is 1. The van der Waals surface area contributed by atoms with Gasteiger partial charge in [0, 0.05) is 18.6 Å². The molecule has 0 saturated heterocycles. The Bertz CT molecular complexity index is 454. The van der Waals surface area contributed by atoms with Crippen molar-refractivity contribution in [3.05, 3.63) is 24.3 Å². The third-order valence-electron chi connectivity index (χ3n) is 2.34. The number of ether oxygens (including phenoxy) is 2. The Hall–Kier alpha value is -1.51. The maximum absolute atomic E-state index is 11.6. The van der Waals surface area contributed by atoms with Crippen LogP contribution in [0.15, 0.2) is 29.2 Å². The van der Waals surface area contributed by atoms with Gasteiger partial charge in [0.05, 0.1) is 19.5 Å². The number of thioether (sulfide) groups is 1. The van der Waals surface area contributed by atoms with Gasteiger partial charge in [-0.3, -0.25) is 15.6 Å². The summed E-state index contributed by atoms with van der Waals surface area (Å²) in [7, 11) is 3.22. The third-order valence-corrected chi connectivity index (χ3v) is 3.59. The van der Waals surface area contributed by atoms with Crippen LogP contribution in [-0.2, 0) is 9.53 Å². The molecule has 0 fully saturated rings. The molecule has 0 bridgehead atoms. The highest BCUT2D eigenvalue weighted by molar-refractivity contribution is 8.00. The molecule has 6 nitrogen and oxygen atoms in total. The molecular weight excluding hydrogens is 310 g/mol. The molecule has 0 aromatic heterocycles. The number of methoxy groups -OCH3 is 2. The number of hydrogen-bond acceptors (Lipinski definition) is 5. The van der Waals surface area contributed by atoms with Gasteiger partial charge in [0.15, 0.2) is 5.11 Å². The predicted molar refractivity (Wildman–Crippen MR) is 87.5 cm³/mol. The molecular formula is C13H19N3O3S2. The zero-order chi connectivity index (χ0) is 15.5. The minimum absolute atomic E-state index is 0.160. The lowest BCUT2D eigenvalue weighted by molar-refractivity contribution is -0.119. The van der Waals surface area contributed by atoms with Crippen LogP contribution in [-0.4, -0.2) is 44.1 Å². The minimum Gasteiger partial charge on any atom is -0.497 e. The zero-order valence-corrected chi connectivity index (χ0v) is 13.6. The van der Waals surface area contributed by atoms with Gasteiger partial charge in [-0.15, -0.1) is 11.8 Å². The lowest BCUT2D eigenvalue weighted by Crippen LogP contribution is -2.48. The van der Waals surface area contributed by atoms with E-state index in [1.165, 1.54) is 11.8 Å². The van der Waals surface area contributed by atoms with E-state index in [2.05, 4.69) is 16.2 Å². The summed E-state index contributed by atoms with van der Waals surface area (Å²) in [6.45, 7) is 1.13. The fourth-order valence-electron chi connectivity index (χ4n) is 1.29. The van der Waals surface area contributed by atoms with Crippen molar-refractivity contribution in [3.8, 4) is 5.75 Å². The first kappa shape index (κ1) is 17.5. The van der Waals surface area contributed by atoms with E-state index in [0.29, 0.717) is 24.0 Å². The fourth-order valence-corrected chi connectivity index (χ4v) is 2.15. The van der Waals surface area contributed by atoms with E-state index in [-0.39, 0.29) is 5.91 Å². The van der Waals surface area contributed by atoms with Gasteiger partial charge in [0.1, 0.15) is 5.75 Å². The van der Waals surface area contributed by atoms with E-state index in [0.717, 1.165) is 10.6 Å². The molecule has 1 aromatic rings. The Morgan fingerprint density at radius 1 is 1.24 bits per heavy atom. The Labute approximate surface area is 133 Å². The predicted octanol–water partition coefficient (Wildman–Crippen LogP) is 0.929. The first-order valence-electron chi connectivity index (χ1n) is 6.24. The zero-order valence-electron chi connectivity index (χ0n) is 12.0. The van der Waals surface area contributed by atoms with Gasteiger partial charge < -0.3 is 14.8 Å². The summed E-state index contributed by atoms with van der Waals surface area (Å²) in [5.41, 5.74) is 5.15. The summed E-state index contributed by atoms with van der Waals surface area (Å²) in [6, 6.07) is 7.52. The molecule has 0 spiro atoms. The number of carbonyl (C=O) groups excluding carboxylic acids is 1. The molecule has 0 aliphatic heterocycles. The minimum atomic E-state index is -0.160. The van der Waals surface area contributed by atoms with Crippen LogP contribution in [0, 0.1) is 0 Å². The van der Waals surface area contributed by atoms with E-state index in [4.69, 9.17) is 21.7 Å². The summed E-state index contributed by atoms with van der Waals surface area (Å²) in [6.07, 6.45) is 0. The van der Waals surface area contributed by atoms with Crippen molar-refractivity contribution >= 4 is 35.0 Å². The number of rotatable bonds is 7. The molecule has 116 valence electrons. The number of nitrogens with one attached hydrogen (secondary N) is 3. The summed E-state index contributed by atoms with van der Waals surface area (Å²) in [5.74, 6) is 0.921. The second kappa shape index (κ2) is 10.3. The van der Waals surface area contributed by atoms with Crippen LogP contribution in [0.2, 0.25) is 0 Å². The molecule has 1 aromatic carbocycles. The Morgan fingerprint density at radius 2 is 1.95 bits per heavy atom. The maximum Gasteiger partial charge on any atom is 0.248 e. The molecule has 0 atom stereocenters. The van der Waals surface area contributed by atoms with Crippen molar-refractivity contribution in [2.24, 2.45) is 0 Å². The molecule has 0 aliphatic carbocycles. The molecule has 0 unspecified atom stereocenters. The van der Waals surface area contributed by atoms with Crippen molar-refractivity contribution in [1.82, 2.24) is 16.2 Å². The van der Waals surface area contributed by atoms with E-state index >= 15 is 0 Å². The Morgan fingerprint density at radius 3 is 2.57 bits per heavy atom. The van der Waals surface area contributed by atoms with Gasteiger partial charge in [-0.05, 0) is 36.5 Å². The molecule has 21 heavy (non-hydrogen) atoms. The Kier molecular flexibility index (Phi) is 8.56. The highest BCUT2D eigenvalue weighted by atomic mass is 32.2. The summed E-state index contributed by atoms with van der Waals surface area (Å²) in [5, 5.41) is 3.24. The van der Waals surface area contributed by atoms with Crippen molar-refractivity contribution in [1.29, 1.82) is 0 Å². The van der Waals surface area contributed by atoms with Crippen LogP contribution in [0.1, 0.15) is 0 Å². The van der Waals surface area contributed by atoms with Crippen LogP contribution in [0.5, 0.6) is 5.75 Å². The summed E-state index contributed by atoms with van der Waals surface area (Å²) >= 11 is 6.41. The second-order valence-corrected chi connectivity index (χ2v) is 5.34. The summed E-state index contributed by atoms with van der Waals surface area (Å²) < 4.78 is 9.94. The number of thiocarbonyl (C=S) groups is 1. The van der Waals surface area contributed by atoms with Gasteiger partial charge in [-0.1, -0.05) is 0 Å². The van der Waals surface area contributed by atoms with Gasteiger partial charge in [-0.2, -0.15) is 0 Å². The first-order chi connectivity index (χ1) is 10.2. The van der Waals surface area contributed by atoms with E-state index in [1.54, 1.807) is 14.2 Å². The lowest BCUT2D eigenvalue weighted by atomic mass is 10.3. The molecule has 0 radical (unpaired) electrons. The average Bonchev–Trinajstić information content (AvgIpc) is 2.51. The maximum atomic E-state index is 11.6. The fraction of sp³-hybridized carbons (Fsp3) is 0.385. The largest absolute Gasteiger partial charge is 0.497 e. The van der Waals surface area contributed by atoms with E-state index in [9.17, 15) is 4.79 Å². The summed E-state index contributed by atoms with van der Waals surface area (Å²) in [4.78, 5) is 12.6. The Balaban J connectivity index is 2.19. The highest BCUT2D eigenvalue weighted by Gasteiger charge is 2.03. The SMILES string of the molecule is COCCNC(=S)NNC(=O)CSc1ccc(OC)cc1. The van der Waals surface area contributed by atoms with Gasteiger partial charge in [0.2, 0.25) is 5.91 Å². The quantitative estimate of drug-likeness (QED) is 0.297. The van der Waals surface area contributed by atoms with Crippen molar-refractivity contribution < 1.29 is 14.3 Å². The molecule has 1 amide bonds. The monoisotopic (exact) mass is 329 g/mol. The molecule has 0 heterocycles. The first-order valence-corrected chi connectivity index (χ1v) is 7.63. The smallest absolute Gasteiger partial charge is 0.248 e. The topological polar surface area (TPSA) is 71.6 Å². The van der Waals surface area contributed by atoms with E-state index in [1.807, 2.05) is 24.3 Å². The van der Waals surface area contributed by atoms with Crippen LogP contribution in [0.3, 0.4) is 0 Å². The van der Waals surface area contributed by atoms with Gasteiger partial charge in [0.25, 0.3) is 0 Å². The van der Waals surface area contributed by atoms with Crippen LogP contribution >= 0.6 is 24.0 Å². The normalized spacial score (nSPS) is 9.81. The average molecular weight is 329 g/mol. The number of carbonyl (C=O) groups is 1. The van der Waals surface area contributed by atoms with Crippen LogP contribution in [0.25, 0.3) is 0 Å². The van der Waals surface area contributed by atoms with Gasteiger partial charge in [-0.25, -0.2) is 0 Å². The lowest BCUT2D eigenvalue weighted by Gasteiger charge is -2.11. The van der Waals surface area contributed by atoms with Gasteiger partial charge >= 0.3 is 0 Å². The highest BCUT2D eigenvalue weighted by Crippen LogP contribution is 2.20. The molecule has 0 saturated carbocycles. The molecule has 8 heteroatoms. The standard InChI is InChI=1S/C13H19N3O3S2/c1-18-8-7-14-13(20)16-15-12(17)9-21-11-5-3-10(19-2)4-6-11/h3-6H,7-9H2,1-2H3,(H,15,17)(H2,14,16,20). The van der Waals surface area contributed by atoms with Crippen LogP contribution in [0.4, 0.5) is 0 Å². The van der Waals surface area contributed by atoms with Crippen molar-refractivity contribution in [2.45, 2.75) is 4.90 Å².